The van der Waals surface area contributed by atoms with E-state index >= 15 is 0 Å². The smallest absolute Gasteiger partial charge is 0.313 e. The Morgan fingerprint density at radius 3 is 2.55 bits per heavy atom. The summed E-state index contributed by atoms with van der Waals surface area (Å²) in [5.41, 5.74) is -0.116. The number of hydrogen-bond acceptors (Lipinski definition) is 3. The Bertz CT molecular complexity index is 626. The third-order valence-corrected chi connectivity index (χ3v) is 5.73. The number of aliphatic carboxylic acids is 1. The first kappa shape index (κ1) is 13.8. The van der Waals surface area contributed by atoms with Gasteiger partial charge in [0.2, 0.25) is 5.91 Å². The van der Waals surface area contributed by atoms with Gasteiger partial charge in [0.25, 0.3) is 0 Å². The van der Waals surface area contributed by atoms with Gasteiger partial charge in [0.1, 0.15) is 5.41 Å². The molecule has 2 N–H and O–H groups in total. The van der Waals surface area contributed by atoms with E-state index in [4.69, 9.17) is 0 Å². The maximum absolute atomic E-state index is 13.0. The van der Waals surface area contributed by atoms with Crippen molar-refractivity contribution in [2.24, 2.45) is 11.3 Å². The van der Waals surface area contributed by atoms with Crippen LogP contribution in [-0.2, 0) is 15.0 Å². The van der Waals surface area contributed by atoms with Gasteiger partial charge in [-0.2, -0.15) is 0 Å². The molecule has 1 saturated carbocycles. The molecule has 5 heteroatoms. The maximum atomic E-state index is 13.0. The number of fused-ring (bicyclic) bond motifs is 1. The first-order valence-electron chi connectivity index (χ1n) is 7.88. The van der Waals surface area contributed by atoms with E-state index in [2.05, 4.69) is 5.32 Å². The fourth-order valence-corrected chi connectivity index (χ4v) is 4.19. The van der Waals surface area contributed by atoms with Crippen LogP contribution < -0.4 is 5.32 Å². The quantitative estimate of drug-likeness (QED) is 0.868. The Morgan fingerprint density at radius 1 is 1.23 bits per heavy atom. The van der Waals surface area contributed by atoms with Gasteiger partial charge < -0.3 is 15.3 Å². The fourth-order valence-electron chi connectivity index (χ4n) is 4.19. The Kier molecular flexibility index (Phi) is 2.85. The van der Waals surface area contributed by atoms with Gasteiger partial charge in [0.15, 0.2) is 0 Å². The van der Waals surface area contributed by atoms with E-state index in [9.17, 15) is 14.7 Å². The molecule has 1 aromatic carbocycles. The second kappa shape index (κ2) is 4.56. The molecule has 2 aliphatic heterocycles. The SMILES string of the molecule is O=C(N1C[C@@H]2CNC[C@]2(C(=O)O)C1)C1(c2ccccc2)CC1. The maximum Gasteiger partial charge on any atom is 0.313 e. The van der Waals surface area contributed by atoms with E-state index in [0.717, 1.165) is 18.4 Å². The molecule has 3 fully saturated rings. The highest BCUT2D eigenvalue weighted by Gasteiger charge is 2.60. The van der Waals surface area contributed by atoms with Crippen molar-refractivity contribution in [3.63, 3.8) is 0 Å². The number of carbonyl (C=O) groups is 2. The molecule has 22 heavy (non-hydrogen) atoms. The summed E-state index contributed by atoms with van der Waals surface area (Å²) in [6, 6.07) is 9.90. The molecule has 1 aliphatic carbocycles. The minimum atomic E-state index is -0.789. The van der Waals surface area contributed by atoms with Gasteiger partial charge in [-0.25, -0.2) is 0 Å². The van der Waals surface area contributed by atoms with E-state index in [-0.39, 0.29) is 11.8 Å². The summed E-state index contributed by atoms with van der Waals surface area (Å²) in [4.78, 5) is 26.6. The second-order valence-corrected chi connectivity index (χ2v) is 6.92. The Hall–Kier alpha value is -1.88. The van der Waals surface area contributed by atoms with Crippen LogP contribution in [0.15, 0.2) is 30.3 Å². The van der Waals surface area contributed by atoms with Gasteiger partial charge in [-0.3, -0.25) is 9.59 Å². The lowest BCUT2D eigenvalue weighted by Gasteiger charge is -2.26. The van der Waals surface area contributed by atoms with E-state index in [0.29, 0.717) is 26.2 Å². The molecule has 0 unspecified atom stereocenters. The summed E-state index contributed by atoms with van der Waals surface area (Å²) in [7, 11) is 0. The zero-order valence-corrected chi connectivity index (χ0v) is 12.4. The van der Waals surface area contributed by atoms with Crippen molar-refractivity contribution in [1.29, 1.82) is 0 Å². The van der Waals surface area contributed by atoms with Crippen LogP contribution in [0.3, 0.4) is 0 Å². The minimum Gasteiger partial charge on any atom is -0.481 e. The molecule has 116 valence electrons. The first-order chi connectivity index (χ1) is 10.6. The van der Waals surface area contributed by atoms with E-state index < -0.39 is 16.8 Å². The van der Waals surface area contributed by atoms with Crippen LogP contribution in [0, 0.1) is 11.3 Å². The summed E-state index contributed by atoms with van der Waals surface area (Å²) in [5.74, 6) is -0.628. The molecule has 1 aromatic rings. The van der Waals surface area contributed by atoms with Crippen LogP contribution in [-0.4, -0.2) is 48.1 Å². The van der Waals surface area contributed by atoms with Crippen molar-refractivity contribution < 1.29 is 14.7 Å². The molecule has 2 atom stereocenters. The molecule has 3 aliphatic rings. The molecule has 0 aromatic heterocycles. The van der Waals surface area contributed by atoms with E-state index in [1.807, 2.05) is 30.3 Å². The molecule has 2 heterocycles. The highest BCUT2D eigenvalue weighted by atomic mass is 16.4. The summed E-state index contributed by atoms with van der Waals surface area (Å²) in [5, 5.41) is 12.8. The highest BCUT2D eigenvalue weighted by molar-refractivity contribution is 5.92. The number of carboxylic acids is 1. The van der Waals surface area contributed by atoms with Gasteiger partial charge >= 0.3 is 5.97 Å². The van der Waals surface area contributed by atoms with E-state index in [1.165, 1.54) is 0 Å². The third-order valence-electron chi connectivity index (χ3n) is 5.73. The fraction of sp³-hybridized carbons (Fsp3) is 0.529. The predicted molar refractivity (Wildman–Crippen MR) is 80.4 cm³/mol. The average molecular weight is 300 g/mol. The lowest BCUT2D eigenvalue weighted by molar-refractivity contribution is -0.148. The molecule has 4 rings (SSSR count). The normalized spacial score (nSPS) is 31.8. The molecule has 0 bridgehead atoms. The molecule has 0 radical (unpaired) electrons. The lowest BCUT2D eigenvalue weighted by Crippen LogP contribution is -2.43. The molecular weight excluding hydrogens is 280 g/mol. The second-order valence-electron chi connectivity index (χ2n) is 6.92. The number of rotatable bonds is 3. The van der Waals surface area contributed by atoms with E-state index in [1.54, 1.807) is 4.90 Å². The Morgan fingerprint density at radius 2 is 1.95 bits per heavy atom. The topological polar surface area (TPSA) is 69.6 Å². The number of nitrogens with one attached hydrogen (secondary N) is 1. The first-order valence-corrected chi connectivity index (χ1v) is 7.88. The van der Waals surface area contributed by atoms with Crippen LogP contribution in [0.5, 0.6) is 0 Å². The number of likely N-dealkylation sites (tertiary alicyclic amines) is 1. The number of carbonyl (C=O) groups excluding carboxylic acids is 1. The third kappa shape index (κ3) is 1.75. The average Bonchev–Trinajstić information content (AvgIpc) is 3.09. The van der Waals surface area contributed by atoms with Crippen LogP contribution in [0.1, 0.15) is 18.4 Å². The van der Waals surface area contributed by atoms with Crippen molar-refractivity contribution >= 4 is 11.9 Å². The van der Waals surface area contributed by atoms with Gasteiger partial charge in [-0.05, 0) is 18.4 Å². The summed E-state index contributed by atoms with van der Waals surface area (Å²) in [6.07, 6.45) is 1.74. The summed E-state index contributed by atoms with van der Waals surface area (Å²) < 4.78 is 0. The van der Waals surface area contributed by atoms with Crippen LogP contribution in [0.2, 0.25) is 0 Å². The monoisotopic (exact) mass is 300 g/mol. The van der Waals surface area contributed by atoms with Crippen molar-refractivity contribution in [2.75, 3.05) is 26.2 Å². The van der Waals surface area contributed by atoms with Gasteiger partial charge in [-0.1, -0.05) is 30.3 Å². The standard InChI is InChI=1S/C17H20N2O3/c20-14(16(6-7-16)12-4-2-1-3-5-12)19-9-13-8-18-10-17(13,11-19)15(21)22/h1-5,13,18H,6-11H2,(H,21,22)/t13-,17-/m0/s1. The number of nitrogens with zero attached hydrogens (tertiary/aromatic N) is 1. The number of benzene rings is 1. The zero-order chi connectivity index (χ0) is 15.4. The van der Waals surface area contributed by atoms with Crippen molar-refractivity contribution in [2.45, 2.75) is 18.3 Å². The number of hydrogen-bond donors (Lipinski definition) is 2. The van der Waals surface area contributed by atoms with Crippen molar-refractivity contribution in [3.05, 3.63) is 35.9 Å². The van der Waals surface area contributed by atoms with Crippen molar-refractivity contribution in [3.8, 4) is 0 Å². The van der Waals surface area contributed by atoms with Gasteiger partial charge in [0.05, 0.1) is 5.41 Å². The number of carboxylic acid groups (broad SMARTS) is 1. The molecule has 2 saturated heterocycles. The van der Waals surface area contributed by atoms with Crippen LogP contribution >= 0.6 is 0 Å². The van der Waals surface area contributed by atoms with Gasteiger partial charge in [0, 0.05) is 32.1 Å². The molecule has 5 nitrogen and oxygen atoms in total. The largest absolute Gasteiger partial charge is 0.481 e. The zero-order valence-electron chi connectivity index (χ0n) is 12.4. The minimum absolute atomic E-state index is 0.0283. The summed E-state index contributed by atoms with van der Waals surface area (Å²) >= 11 is 0. The van der Waals surface area contributed by atoms with Crippen LogP contribution in [0.4, 0.5) is 0 Å². The Labute approximate surface area is 129 Å². The predicted octanol–water partition coefficient (Wildman–Crippen LogP) is 0.851. The van der Waals surface area contributed by atoms with Gasteiger partial charge in [-0.15, -0.1) is 0 Å². The molecule has 0 spiro atoms. The van der Waals surface area contributed by atoms with Crippen molar-refractivity contribution in [1.82, 2.24) is 10.2 Å². The lowest BCUT2D eigenvalue weighted by atomic mass is 9.81. The molecule has 1 amide bonds. The Balaban J connectivity index is 1.59. The number of amides is 1. The highest BCUT2D eigenvalue weighted by Crippen LogP contribution is 2.51. The summed E-state index contributed by atoms with van der Waals surface area (Å²) in [6.45, 7) is 2.06. The molecular formula is C17H20N2O3. The van der Waals surface area contributed by atoms with Crippen LogP contribution in [0.25, 0.3) is 0 Å².